The van der Waals surface area contributed by atoms with Gasteiger partial charge in [-0.25, -0.2) is 4.98 Å². The van der Waals surface area contributed by atoms with Crippen molar-refractivity contribution in [1.29, 1.82) is 0 Å². The molecule has 33 heavy (non-hydrogen) atoms. The third kappa shape index (κ3) is 11.0. The topological polar surface area (TPSA) is 70.7 Å². The Bertz CT molecular complexity index is 773. The van der Waals surface area contributed by atoms with Gasteiger partial charge in [0.1, 0.15) is 6.10 Å². The fraction of sp³-hybridized carbons (Fsp3) is 0.714. The van der Waals surface area contributed by atoms with E-state index in [1.807, 2.05) is 6.92 Å². The molecule has 192 valence electrons. The quantitative estimate of drug-likeness (QED) is 0.317. The highest BCUT2D eigenvalue weighted by Gasteiger charge is 2.22. The van der Waals surface area contributed by atoms with Crippen LogP contribution in [-0.4, -0.2) is 22.5 Å². The molecule has 0 bridgehead atoms. The number of carbonyl (C=O) groups excluding carboxylic acids is 1. The molecule has 1 aliphatic heterocycles. The predicted molar refractivity (Wildman–Crippen MR) is 146 cm³/mol. The van der Waals surface area contributed by atoms with E-state index < -0.39 is 0 Å². The largest absolute Gasteiger partial charge is 0.457 e. The number of rotatable bonds is 2. The van der Waals surface area contributed by atoms with Crippen LogP contribution in [0.15, 0.2) is 22.6 Å². The van der Waals surface area contributed by atoms with Crippen molar-refractivity contribution >= 4 is 23.4 Å². The molecule has 2 heterocycles. The molecule has 5 atom stereocenters. The maximum absolute atomic E-state index is 12.7. The minimum absolute atomic E-state index is 0. The fourth-order valence-corrected chi connectivity index (χ4v) is 5.16. The highest BCUT2D eigenvalue weighted by molar-refractivity contribution is 7.09. The van der Waals surface area contributed by atoms with E-state index in [1.54, 1.807) is 11.3 Å². The highest BCUT2D eigenvalue weighted by atomic mass is 32.1. The van der Waals surface area contributed by atoms with Gasteiger partial charge < -0.3 is 10.2 Å². The summed E-state index contributed by atoms with van der Waals surface area (Å²) >= 11 is 1.65. The second-order valence-corrected chi connectivity index (χ2v) is 11.1. The van der Waals surface area contributed by atoms with E-state index in [0.717, 1.165) is 47.4 Å². The number of esters is 1. The molecule has 0 amide bonds. The van der Waals surface area contributed by atoms with Crippen molar-refractivity contribution in [3.8, 4) is 0 Å². The Morgan fingerprint density at radius 3 is 2.48 bits per heavy atom. The molecule has 1 aromatic rings. The summed E-state index contributed by atoms with van der Waals surface area (Å²) in [6, 6.07) is 0. The van der Waals surface area contributed by atoms with Gasteiger partial charge in [0.15, 0.2) is 0 Å². The second kappa shape index (κ2) is 15.4. The lowest BCUT2D eigenvalue weighted by atomic mass is 9.78. The zero-order chi connectivity index (χ0) is 23.0. The minimum Gasteiger partial charge on any atom is -0.457 e. The van der Waals surface area contributed by atoms with E-state index >= 15 is 0 Å². The van der Waals surface area contributed by atoms with Crippen molar-refractivity contribution < 1.29 is 16.4 Å². The van der Waals surface area contributed by atoms with Crippen LogP contribution in [-0.2, 0) is 9.53 Å². The van der Waals surface area contributed by atoms with Gasteiger partial charge in [0.25, 0.3) is 0 Å². The van der Waals surface area contributed by atoms with Crippen LogP contribution in [0.4, 0.5) is 0 Å². The number of nitrogens with zero attached hydrogens (tertiary/aromatic N) is 1. The maximum Gasteiger partial charge on any atom is 0.306 e. The molecule has 2 rings (SSSR count). The third-order valence-corrected chi connectivity index (χ3v) is 7.91. The first kappa shape index (κ1) is 31.5. The third-order valence-electron chi connectivity index (χ3n) is 7.12. The van der Waals surface area contributed by atoms with Crippen LogP contribution in [0.3, 0.4) is 0 Å². The van der Waals surface area contributed by atoms with Gasteiger partial charge in [-0.2, -0.15) is 0 Å². The van der Waals surface area contributed by atoms with Crippen molar-refractivity contribution in [2.24, 2.45) is 23.7 Å². The number of ether oxygens (including phenoxy) is 1. The summed E-state index contributed by atoms with van der Waals surface area (Å²) in [7, 11) is 0. The first-order valence-corrected chi connectivity index (χ1v) is 13.0. The average Bonchev–Trinajstić information content (AvgIpc) is 3.12. The Balaban J connectivity index is 0. The molecular weight excluding hydrogens is 430 g/mol. The van der Waals surface area contributed by atoms with Crippen molar-refractivity contribution in [2.45, 2.75) is 107 Å². The molecule has 1 aromatic heterocycles. The minimum atomic E-state index is -0.217. The zero-order valence-corrected chi connectivity index (χ0v) is 22.1. The van der Waals surface area contributed by atoms with E-state index in [-0.39, 0.29) is 26.4 Å². The lowest BCUT2D eigenvalue weighted by molar-refractivity contribution is -0.147. The lowest BCUT2D eigenvalue weighted by Crippen LogP contribution is -2.21. The van der Waals surface area contributed by atoms with Gasteiger partial charge in [-0.15, -0.1) is 11.3 Å². The normalized spacial score (nSPS) is 30.3. The summed E-state index contributed by atoms with van der Waals surface area (Å²) in [5, 5.41) is 3.11. The summed E-state index contributed by atoms with van der Waals surface area (Å²) in [5.74, 6) is 2.61. The number of cyclic esters (lactones) is 1. The molecule has 0 spiro atoms. The fourth-order valence-electron chi connectivity index (χ4n) is 4.59. The molecule has 0 aliphatic carbocycles. The molecule has 0 saturated heterocycles. The Morgan fingerprint density at radius 1 is 1.15 bits per heavy atom. The SMILES string of the molecule is C.C/C1=C/CC(/C(C)=C/c2csc(C)n2)OC(=O)CC[C@@H](C)C[C@H](C)[C@@H](C)[C@@H](C)CCC1.O.[HH]. The number of aromatic nitrogens is 1. The van der Waals surface area contributed by atoms with E-state index in [9.17, 15) is 4.79 Å². The second-order valence-electron chi connectivity index (χ2n) is 10.0. The van der Waals surface area contributed by atoms with Gasteiger partial charge in [-0.05, 0) is 81.8 Å². The summed E-state index contributed by atoms with van der Waals surface area (Å²) in [6.07, 6.45) is 11.1. The van der Waals surface area contributed by atoms with Gasteiger partial charge >= 0.3 is 5.97 Å². The Morgan fingerprint density at radius 2 is 1.85 bits per heavy atom. The lowest BCUT2D eigenvalue weighted by Gasteiger charge is -2.28. The number of hydrogen-bond acceptors (Lipinski definition) is 4. The van der Waals surface area contributed by atoms with Gasteiger partial charge in [-0.1, -0.05) is 53.2 Å². The Labute approximate surface area is 208 Å². The van der Waals surface area contributed by atoms with Crippen molar-refractivity contribution in [3.63, 3.8) is 0 Å². The van der Waals surface area contributed by atoms with Crippen LogP contribution in [0, 0.1) is 30.6 Å². The standard InChI is InChI=1S/C27H43NO2S.CH4.H2O.H2/c1-18-9-8-10-20(3)23(6)21(4)15-19(2)12-14-27(29)30-26(13-11-18)22(5)16-25-17-31-24(7)28-25;;;/h11,16-17,19-21,23,26H,8-10,12-15H2,1-7H3;1H4;1H2;1H/b18-11-,22-16+;;;/t19-,20+,21+,23+,26?;;;/m1.../s1. The van der Waals surface area contributed by atoms with Gasteiger partial charge in [0.2, 0.25) is 0 Å². The van der Waals surface area contributed by atoms with E-state index in [2.05, 4.69) is 64.1 Å². The number of allylic oxidation sites excluding steroid dienone is 1. The Hall–Kier alpha value is -1.46. The average molecular weight is 482 g/mol. The Kier molecular flexibility index (Phi) is 14.8. The van der Waals surface area contributed by atoms with E-state index in [1.165, 1.54) is 24.8 Å². The maximum atomic E-state index is 12.7. The van der Waals surface area contributed by atoms with Crippen LogP contribution in [0.5, 0.6) is 0 Å². The number of aryl methyl sites for hydroxylation is 1. The molecule has 0 aromatic carbocycles. The number of carbonyl (C=O) groups is 1. The molecule has 0 fully saturated rings. The molecule has 0 radical (unpaired) electrons. The van der Waals surface area contributed by atoms with Crippen LogP contribution < -0.4 is 0 Å². The van der Waals surface area contributed by atoms with Crippen molar-refractivity contribution in [1.82, 2.24) is 4.98 Å². The van der Waals surface area contributed by atoms with Gasteiger partial charge in [0, 0.05) is 19.6 Å². The summed E-state index contributed by atoms with van der Waals surface area (Å²) < 4.78 is 5.98. The van der Waals surface area contributed by atoms with Crippen LogP contribution >= 0.6 is 11.3 Å². The van der Waals surface area contributed by atoms with E-state index in [0.29, 0.717) is 18.3 Å². The molecule has 2 N–H and O–H groups in total. The monoisotopic (exact) mass is 481 g/mol. The van der Waals surface area contributed by atoms with Crippen molar-refractivity contribution in [3.05, 3.63) is 33.3 Å². The smallest absolute Gasteiger partial charge is 0.306 e. The molecule has 4 nitrogen and oxygen atoms in total. The summed E-state index contributed by atoms with van der Waals surface area (Å²) in [5.41, 5.74) is 3.41. The van der Waals surface area contributed by atoms with Gasteiger partial charge in [-0.3, -0.25) is 4.79 Å². The van der Waals surface area contributed by atoms with E-state index in [4.69, 9.17) is 4.74 Å². The van der Waals surface area contributed by atoms with Gasteiger partial charge in [0.05, 0.1) is 10.7 Å². The molecule has 1 aliphatic rings. The summed E-state index contributed by atoms with van der Waals surface area (Å²) in [4.78, 5) is 17.2. The first-order chi connectivity index (χ1) is 14.7. The highest BCUT2D eigenvalue weighted by Crippen LogP contribution is 2.31. The zero-order valence-electron chi connectivity index (χ0n) is 21.2. The summed E-state index contributed by atoms with van der Waals surface area (Å²) in [6.45, 7) is 15.8. The number of hydrogen-bond donors (Lipinski definition) is 0. The van der Waals surface area contributed by atoms with Crippen LogP contribution in [0.1, 0.15) is 106 Å². The molecule has 5 heteroatoms. The predicted octanol–water partition coefficient (Wildman–Crippen LogP) is 8.06. The molecular formula is C28H51NO3S. The first-order valence-electron chi connectivity index (χ1n) is 12.1. The molecule has 0 saturated carbocycles. The number of thiazole rings is 1. The van der Waals surface area contributed by atoms with Crippen LogP contribution in [0.2, 0.25) is 0 Å². The van der Waals surface area contributed by atoms with Crippen LogP contribution in [0.25, 0.3) is 6.08 Å². The molecule has 1 unspecified atom stereocenters. The van der Waals surface area contributed by atoms with Crippen molar-refractivity contribution in [2.75, 3.05) is 0 Å².